The Bertz CT molecular complexity index is 924. The molecule has 0 aliphatic rings. The average molecular weight is 360 g/mol. The zero-order chi connectivity index (χ0) is 18.2. The maximum Gasteiger partial charge on any atom is 0.196 e. The van der Waals surface area contributed by atoms with E-state index < -0.39 is 0 Å². The first kappa shape index (κ1) is 17.7. The van der Waals surface area contributed by atoms with E-state index in [1.54, 1.807) is 12.4 Å². The van der Waals surface area contributed by atoms with Gasteiger partial charge < -0.3 is 0 Å². The highest BCUT2D eigenvalue weighted by molar-refractivity contribution is 7.99. The number of pyridine rings is 1. The van der Waals surface area contributed by atoms with Gasteiger partial charge in [-0.05, 0) is 30.7 Å². The molecular formula is C19H16N6S. The van der Waals surface area contributed by atoms with Gasteiger partial charge in [0.15, 0.2) is 11.0 Å². The summed E-state index contributed by atoms with van der Waals surface area (Å²) in [6.45, 7) is 0. The summed E-state index contributed by atoms with van der Waals surface area (Å²) in [6.07, 6.45) is 4.41. The van der Waals surface area contributed by atoms with Gasteiger partial charge >= 0.3 is 0 Å². The van der Waals surface area contributed by atoms with Crippen LogP contribution in [0.4, 0.5) is 0 Å². The molecule has 26 heavy (non-hydrogen) atoms. The number of nitriles is 2. The molecule has 0 unspecified atom stereocenters. The smallest absolute Gasteiger partial charge is 0.196 e. The highest BCUT2D eigenvalue weighted by atomic mass is 32.2. The van der Waals surface area contributed by atoms with Crippen molar-refractivity contribution in [3.8, 4) is 29.2 Å². The molecule has 0 saturated heterocycles. The molecule has 3 aromatic rings. The molecule has 0 bridgehead atoms. The second kappa shape index (κ2) is 8.80. The number of rotatable bonds is 7. The van der Waals surface area contributed by atoms with Crippen molar-refractivity contribution in [1.29, 1.82) is 10.5 Å². The number of nitrogens with zero attached hydrogens (tertiary/aromatic N) is 6. The first-order valence-corrected chi connectivity index (χ1v) is 9.12. The second-order valence-corrected chi connectivity index (χ2v) is 6.54. The molecule has 1 aromatic carbocycles. The van der Waals surface area contributed by atoms with Gasteiger partial charge in [-0.15, -0.1) is 10.2 Å². The third-order valence-corrected chi connectivity index (χ3v) is 4.86. The molecular weight excluding hydrogens is 344 g/mol. The summed E-state index contributed by atoms with van der Waals surface area (Å²) in [5, 5.41) is 27.4. The second-order valence-electron chi connectivity index (χ2n) is 5.55. The van der Waals surface area contributed by atoms with Gasteiger partial charge in [-0.2, -0.15) is 10.5 Å². The van der Waals surface area contributed by atoms with E-state index in [4.69, 9.17) is 5.26 Å². The standard InChI is InChI=1S/C19H16N6S/c20-10-4-6-15(12-21)14-26-19-24-23-18(16-7-5-11-22-13-16)25(19)17-8-2-1-3-9-17/h1-3,5,7-9,11,13,15H,4,6,14H2/t15-/m0/s1. The number of hydrogen-bond donors (Lipinski definition) is 0. The van der Waals surface area contributed by atoms with Crippen molar-refractivity contribution in [2.24, 2.45) is 5.92 Å². The van der Waals surface area contributed by atoms with Crippen LogP contribution in [0.15, 0.2) is 60.0 Å². The van der Waals surface area contributed by atoms with E-state index >= 15 is 0 Å². The molecule has 2 aromatic heterocycles. The highest BCUT2D eigenvalue weighted by Crippen LogP contribution is 2.29. The van der Waals surface area contributed by atoms with Gasteiger partial charge in [-0.25, -0.2) is 0 Å². The molecule has 0 aliphatic heterocycles. The van der Waals surface area contributed by atoms with Crippen molar-refractivity contribution in [3.63, 3.8) is 0 Å². The quantitative estimate of drug-likeness (QED) is 0.594. The minimum atomic E-state index is -0.192. The number of thioether (sulfide) groups is 1. The van der Waals surface area contributed by atoms with Gasteiger partial charge in [0, 0.05) is 35.8 Å². The molecule has 2 heterocycles. The Kier molecular flexibility index (Phi) is 5.97. The molecule has 3 rings (SSSR count). The minimum absolute atomic E-state index is 0.192. The van der Waals surface area contributed by atoms with Gasteiger partial charge in [-0.3, -0.25) is 9.55 Å². The highest BCUT2D eigenvalue weighted by Gasteiger charge is 2.18. The fourth-order valence-corrected chi connectivity index (χ4v) is 3.47. The number of aromatic nitrogens is 4. The normalized spacial score (nSPS) is 11.5. The van der Waals surface area contributed by atoms with Crippen LogP contribution >= 0.6 is 11.8 Å². The lowest BCUT2D eigenvalue weighted by Gasteiger charge is -2.11. The Morgan fingerprint density at radius 2 is 1.92 bits per heavy atom. The predicted molar refractivity (Wildman–Crippen MR) is 99.3 cm³/mol. The van der Waals surface area contributed by atoms with Crippen molar-refractivity contribution in [1.82, 2.24) is 19.7 Å². The summed E-state index contributed by atoms with van der Waals surface area (Å²) in [4.78, 5) is 4.16. The van der Waals surface area contributed by atoms with Crippen LogP contribution in [-0.2, 0) is 0 Å². The van der Waals surface area contributed by atoms with Crippen molar-refractivity contribution in [2.45, 2.75) is 18.0 Å². The maximum absolute atomic E-state index is 9.28. The zero-order valence-electron chi connectivity index (χ0n) is 14.0. The van der Waals surface area contributed by atoms with Crippen LogP contribution in [-0.4, -0.2) is 25.5 Å². The molecule has 1 atom stereocenters. The SMILES string of the molecule is N#CCC[C@@H](C#N)CSc1nnc(-c2cccnc2)n1-c1ccccc1. The number of para-hydroxylation sites is 1. The Morgan fingerprint density at radius 1 is 1.08 bits per heavy atom. The van der Waals surface area contributed by atoms with Crippen LogP contribution in [0, 0.1) is 28.6 Å². The number of hydrogen-bond acceptors (Lipinski definition) is 6. The molecule has 0 spiro atoms. The van der Waals surface area contributed by atoms with Gasteiger partial charge in [0.05, 0.1) is 18.1 Å². The number of benzene rings is 1. The van der Waals surface area contributed by atoms with Crippen molar-refractivity contribution in [3.05, 3.63) is 54.9 Å². The van der Waals surface area contributed by atoms with Gasteiger partial charge in [0.1, 0.15) is 0 Å². The van der Waals surface area contributed by atoms with E-state index in [1.165, 1.54) is 11.8 Å². The molecule has 0 N–H and O–H groups in total. The molecule has 0 radical (unpaired) electrons. The van der Waals surface area contributed by atoms with Crippen molar-refractivity contribution >= 4 is 11.8 Å². The largest absolute Gasteiger partial charge is 0.270 e. The first-order chi connectivity index (χ1) is 12.8. The summed E-state index contributed by atoms with van der Waals surface area (Å²) in [5.41, 5.74) is 1.82. The van der Waals surface area contributed by atoms with Gasteiger partial charge in [0.25, 0.3) is 0 Å². The Morgan fingerprint density at radius 3 is 2.62 bits per heavy atom. The molecule has 0 saturated carbocycles. The molecule has 0 amide bonds. The lowest BCUT2D eigenvalue weighted by Crippen LogP contribution is -2.04. The first-order valence-electron chi connectivity index (χ1n) is 8.14. The van der Waals surface area contributed by atoms with Crippen LogP contribution in [0.2, 0.25) is 0 Å². The fourth-order valence-electron chi connectivity index (χ4n) is 2.45. The molecule has 128 valence electrons. The zero-order valence-corrected chi connectivity index (χ0v) is 14.8. The Labute approximate surface area is 156 Å². The third kappa shape index (κ3) is 4.08. The van der Waals surface area contributed by atoms with Crippen molar-refractivity contribution < 1.29 is 0 Å². The molecule has 0 aliphatic carbocycles. The topological polar surface area (TPSA) is 91.2 Å². The lowest BCUT2D eigenvalue weighted by molar-refractivity contribution is 0.683. The van der Waals surface area contributed by atoms with Crippen LogP contribution in [0.5, 0.6) is 0 Å². The molecule has 6 nitrogen and oxygen atoms in total. The summed E-state index contributed by atoms with van der Waals surface area (Å²) >= 11 is 1.48. The van der Waals surface area contributed by atoms with E-state index in [0.29, 0.717) is 29.6 Å². The Balaban J connectivity index is 1.92. The maximum atomic E-state index is 9.28. The average Bonchev–Trinajstić information content (AvgIpc) is 3.13. The third-order valence-electron chi connectivity index (χ3n) is 3.77. The van der Waals surface area contributed by atoms with Gasteiger partial charge in [-0.1, -0.05) is 30.0 Å². The van der Waals surface area contributed by atoms with E-state index in [1.807, 2.05) is 47.0 Å². The van der Waals surface area contributed by atoms with Crippen LogP contribution in [0.3, 0.4) is 0 Å². The summed E-state index contributed by atoms with van der Waals surface area (Å²) < 4.78 is 1.97. The summed E-state index contributed by atoms with van der Waals surface area (Å²) in [6, 6.07) is 18.0. The fraction of sp³-hybridized carbons (Fsp3) is 0.211. The van der Waals surface area contributed by atoms with Crippen LogP contribution < -0.4 is 0 Å². The lowest BCUT2D eigenvalue weighted by atomic mass is 10.1. The summed E-state index contributed by atoms with van der Waals surface area (Å²) in [5.74, 6) is 1.08. The van der Waals surface area contributed by atoms with E-state index in [9.17, 15) is 5.26 Å². The van der Waals surface area contributed by atoms with Crippen molar-refractivity contribution in [2.75, 3.05) is 5.75 Å². The van der Waals surface area contributed by atoms with E-state index in [2.05, 4.69) is 27.3 Å². The van der Waals surface area contributed by atoms with E-state index in [0.717, 1.165) is 11.3 Å². The molecule has 0 fully saturated rings. The van der Waals surface area contributed by atoms with E-state index in [-0.39, 0.29) is 5.92 Å². The predicted octanol–water partition coefficient (Wildman–Crippen LogP) is 3.86. The Hall–Kier alpha value is -3.16. The van der Waals surface area contributed by atoms with Crippen LogP contribution in [0.25, 0.3) is 17.1 Å². The minimum Gasteiger partial charge on any atom is -0.270 e. The van der Waals surface area contributed by atoms with Crippen LogP contribution in [0.1, 0.15) is 12.8 Å². The summed E-state index contributed by atoms with van der Waals surface area (Å²) in [7, 11) is 0. The van der Waals surface area contributed by atoms with Gasteiger partial charge in [0.2, 0.25) is 0 Å². The molecule has 7 heteroatoms. The monoisotopic (exact) mass is 360 g/mol.